The van der Waals surface area contributed by atoms with Crippen LogP contribution in [0.2, 0.25) is 0 Å². The van der Waals surface area contributed by atoms with E-state index in [0.29, 0.717) is 11.1 Å². The van der Waals surface area contributed by atoms with Gasteiger partial charge in [-0.25, -0.2) is 15.5 Å². The summed E-state index contributed by atoms with van der Waals surface area (Å²) in [6.45, 7) is 0. The van der Waals surface area contributed by atoms with Gasteiger partial charge in [0.2, 0.25) is 11.1 Å². The van der Waals surface area contributed by atoms with Gasteiger partial charge in [0.15, 0.2) is 4.34 Å². The van der Waals surface area contributed by atoms with Crippen molar-refractivity contribution in [3.8, 4) is 5.95 Å². The maximum absolute atomic E-state index is 5.35. The molecule has 3 aromatic heterocycles. The van der Waals surface area contributed by atoms with Crippen molar-refractivity contribution in [1.82, 2.24) is 34.1 Å². The highest BCUT2D eigenvalue weighted by atomic mass is 32.2. The molecule has 3 rings (SSSR count). The first-order chi connectivity index (χ1) is 9.35. The van der Waals surface area contributed by atoms with Crippen molar-refractivity contribution in [2.45, 2.75) is 9.50 Å². The second-order valence-corrected chi connectivity index (χ2v) is 5.14. The zero-order valence-electron chi connectivity index (χ0n) is 9.33. The highest BCUT2D eigenvalue weighted by molar-refractivity contribution is 8.00. The van der Waals surface area contributed by atoms with E-state index in [2.05, 4.69) is 34.8 Å². The van der Waals surface area contributed by atoms with Crippen LogP contribution in [0, 0.1) is 0 Å². The Morgan fingerprint density at radius 2 is 2.26 bits per heavy atom. The molecule has 0 unspecified atom stereocenters. The van der Waals surface area contributed by atoms with Crippen molar-refractivity contribution in [2.75, 3.05) is 5.43 Å². The van der Waals surface area contributed by atoms with Crippen LogP contribution in [0.15, 0.2) is 34.3 Å². The van der Waals surface area contributed by atoms with Crippen molar-refractivity contribution >= 4 is 29.2 Å². The molecular weight excluding hydrogens is 286 g/mol. The molecule has 11 heteroatoms. The molecule has 0 aliphatic carbocycles. The Hall–Kier alpha value is -2.11. The number of rotatable bonds is 4. The Morgan fingerprint density at radius 3 is 2.95 bits per heavy atom. The molecule has 3 aromatic rings. The number of nitrogens with zero attached hydrogens (tertiary/aromatic N) is 7. The summed E-state index contributed by atoms with van der Waals surface area (Å²) in [7, 11) is 0. The predicted octanol–water partition coefficient (Wildman–Crippen LogP) is 0.346. The third kappa shape index (κ3) is 2.67. The molecule has 96 valence electrons. The Labute approximate surface area is 115 Å². The summed E-state index contributed by atoms with van der Waals surface area (Å²) in [5.74, 6) is 5.98. The standard InChI is InChI=1S/C8H7N9S2/c9-16-5-13-6(17-3-1-2-11-17)15-7(14-5)18-8-10-4-12-19-8/h1-4H,9H2,(H,13,14,15,16). The molecule has 0 aromatic carbocycles. The third-order valence-electron chi connectivity index (χ3n) is 1.96. The highest BCUT2D eigenvalue weighted by Gasteiger charge is 2.10. The third-order valence-corrected chi connectivity index (χ3v) is 3.54. The molecule has 0 saturated carbocycles. The van der Waals surface area contributed by atoms with Gasteiger partial charge in [0.05, 0.1) is 0 Å². The normalized spacial score (nSPS) is 10.6. The number of nitrogens with two attached hydrogens (primary N) is 1. The van der Waals surface area contributed by atoms with Crippen LogP contribution < -0.4 is 11.3 Å². The Morgan fingerprint density at radius 1 is 1.32 bits per heavy atom. The molecule has 0 atom stereocenters. The van der Waals surface area contributed by atoms with Crippen LogP contribution in [-0.4, -0.2) is 34.1 Å². The number of nitrogen functional groups attached to an aromatic ring is 1. The summed E-state index contributed by atoms with van der Waals surface area (Å²) in [4.78, 5) is 16.6. The van der Waals surface area contributed by atoms with E-state index in [0.717, 1.165) is 4.34 Å². The van der Waals surface area contributed by atoms with E-state index in [-0.39, 0.29) is 5.95 Å². The highest BCUT2D eigenvalue weighted by Crippen LogP contribution is 2.25. The van der Waals surface area contributed by atoms with E-state index < -0.39 is 0 Å². The van der Waals surface area contributed by atoms with Gasteiger partial charge in [-0.1, -0.05) is 0 Å². The van der Waals surface area contributed by atoms with Crippen molar-refractivity contribution in [3.63, 3.8) is 0 Å². The topological polar surface area (TPSA) is 120 Å². The fourth-order valence-electron chi connectivity index (χ4n) is 1.23. The van der Waals surface area contributed by atoms with Crippen molar-refractivity contribution in [3.05, 3.63) is 24.8 Å². The van der Waals surface area contributed by atoms with Gasteiger partial charge in [0.25, 0.3) is 5.95 Å². The molecule has 3 N–H and O–H groups in total. The van der Waals surface area contributed by atoms with E-state index >= 15 is 0 Å². The van der Waals surface area contributed by atoms with Crippen molar-refractivity contribution in [2.24, 2.45) is 5.84 Å². The van der Waals surface area contributed by atoms with Gasteiger partial charge in [-0.2, -0.15) is 24.4 Å². The fourth-order valence-corrected chi connectivity index (χ4v) is 2.53. The van der Waals surface area contributed by atoms with E-state index in [9.17, 15) is 0 Å². The SMILES string of the molecule is NNc1nc(Sc2ncns2)nc(-n2cccn2)n1. The van der Waals surface area contributed by atoms with Gasteiger partial charge in [0, 0.05) is 12.4 Å². The Bertz CT molecular complexity index is 651. The maximum atomic E-state index is 5.35. The lowest BCUT2D eigenvalue weighted by Crippen LogP contribution is -2.14. The molecule has 0 aliphatic rings. The first-order valence-electron chi connectivity index (χ1n) is 5.02. The summed E-state index contributed by atoms with van der Waals surface area (Å²) in [6, 6.07) is 1.77. The lowest BCUT2D eigenvalue weighted by Gasteiger charge is -2.04. The molecule has 0 bridgehead atoms. The quantitative estimate of drug-likeness (QED) is 0.518. The number of aromatic nitrogens is 7. The van der Waals surface area contributed by atoms with E-state index in [1.165, 1.54) is 34.3 Å². The molecule has 9 nitrogen and oxygen atoms in total. The van der Waals surface area contributed by atoms with Crippen LogP contribution in [0.1, 0.15) is 0 Å². The molecule has 0 saturated heterocycles. The average Bonchev–Trinajstić information content (AvgIpc) is 3.11. The molecule has 0 spiro atoms. The van der Waals surface area contributed by atoms with Crippen LogP contribution in [0.25, 0.3) is 5.95 Å². The second-order valence-electron chi connectivity index (χ2n) is 3.15. The summed E-state index contributed by atoms with van der Waals surface area (Å²) in [6.07, 6.45) is 4.84. The van der Waals surface area contributed by atoms with Crippen LogP contribution in [-0.2, 0) is 0 Å². The number of hydrazine groups is 1. The average molecular weight is 293 g/mol. The zero-order valence-corrected chi connectivity index (χ0v) is 11.0. The number of hydrogen-bond acceptors (Lipinski definition) is 10. The van der Waals surface area contributed by atoms with E-state index in [1.807, 2.05) is 0 Å². The van der Waals surface area contributed by atoms with Gasteiger partial charge in [0.1, 0.15) is 6.33 Å². The zero-order chi connectivity index (χ0) is 13.1. The van der Waals surface area contributed by atoms with Crippen LogP contribution in [0.5, 0.6) is 0 Å². The first-order valence-corrected chi connectivity index (χ1v) is 6.61. The monoisotopic (exact) mass is 293 g/mol. The van der Waals surface area contributed by atoms with Crippen LogP contribution in [0.3, 0.4) is 0 Å². The summed E-state index contributed by atoms with van der Waals surface area (Å²) in [5.41, 5.74) is 2.40. The molecule has 0 radical (unpaired) electrons. The lowest BCUT2D eigenvalue weighted by molar-refractivity contribution is 0.760. The summed E-state index contributed by atoms with van der Waals surface area (Å²) >= 11 is 2.54. The van der Waals surface area contributed by atoms with E-state index in [1.54, 1.807) is 18.5 Å². The molecule has 19 heavy (non-hydrogen) atoms. The summed E-state index contributed by atoms with van der Waals surface area (Å²) < 4.78 is 6.17. The number of hydrogen-bond donors (Lipinski definition) is 2. The fraction of sp³-hybridized carbons (Fsp3) is 0. The maximum Gasteiger partial charge on any atom is 0.256 e. The predicted molar refractivity (Wildman–Crippen MR) is 68.8 cm³/mol. The van der Waals surface area contributed by atoms with Crippen LogP contribution >= 0.6 is 23.3 Å². The Kier molecular flexibility index (Phi) is 3.31. The Balaban J connectivity index is 1.98. The molecule has 0 aliphatic heterocycles. The van der Waals surface area contributed by atoms with Crippen molar-refractivity contribution in [1.29, 1.82) is 0 Å². The van der Waals surface area contributed by atoms with E-state index in [4.69, 9.17) is 5.84 Å². The van der Waals surface area contributed by atoms with Gasteiger partial charge >= 0.3 is 0 Å². The van der Waals surface area contributed by atoms with Gasteiger partial charge in [-0.05, 0) is 29.4 Å². The molecular formula is C8H7N9S2. The van der Waals surface area contributed by atoms with Gasteiger partial charge in [-0.3, -0.25) is 5.43 Å². The molecule has 3 heterocycles. The second kappa shape index (κ2) is 5.26. The lowest BCUT2D eigenvalue weighted by atomic mass is 10.7. The first kappa shape index (κ1) is 12.0. The van der Waals surface area contributed by atoms with Crippen LogP contribution in [0.4, 0.5) is 5.95 Å². The molecule has 0 amide bonds. The number of anilines is 1. The minimum Gasteiger partial charge on any atom is -0.292 e. The minimum absolute atomic E-state index is 0.257. The smallest absolute Gasteiger partial charge is 0.256 e. The van der Waals surface area contributed by atoms with Gasteiger partial charge in [-0.15, -0.1) is 0 Å². The largest absolute Gasteiger partial charge is 0.292 e. The number of nitrogens with one attached hydrogen (secondary N) is 1. The van der Waals surface area contributed by atoms with Gasteiger partial charge < -0.3 is 0 Å². The summed E-state index contributed by atoms with van der Waals surface area (Å²) in [5, 5.41) is 4.52. The molecule has 0 fully saturated rings. The minimum atomic E-state index is 0.257. The van der Waals surface area contributed by atoms with Crippen molar-refractivity contribution < 1.29 is 0 Å².